The average Bonchev–Trinajstić information content (AvgIpc) is 2.59. The minimum Gasteiger partial charge on any atom is -0.353 e. The lowest BCUT2D eigenvalue weighted by Crippen LogP contribution is -2.40. The maximum Gasteiger partial charge on any atom is 0.251 e. The number of nitrogens with one attached hydrogen (secondary N) is 2. The molecule has 0 aliphatic carbocycles. The van der Waals surface area contributed by atoms with Crippen LogP contribution in [0.2, 0.25) is 0 Å². The van der Waals surface area contributed by atoms with E-state index in [-0.39, 0.29) is 24.4 Å². The Morgan fingerprint density at radius 3 is 2.15 bits per heavy atom. The van der Waals surface area contributed by atoms with Crippen molar-refractivity contribution in [3.63, 3.8) is 0 Å². The molecule has 0 radical (unpaired) electrons. The fraction of sp³-hybridized carbons (Fsp3) is 0.333. The van der Waals surface area contributed by atoms with Gasteiger partial charge in [-0.1, -0.05) is 47.5 Å². The molecule has 0 saturated carbocycles. The minimum atomic E-state index is -0.237. The van der Waals surface area contributed by atoms with E-state index in [2.05, 4.69) is 15.5 Å². The van der Waals surface area contributed by atoms with Crippen LogP contribution in [0.5, 0.6) is 0 Å². The topological polar surface area (TPSA) is 61.4 Å². The van der Waals surface area contributed by atoms with E-state index < -0.39 is 0 Å². The lowest BCUT2D eigenvalue weighted by atomic mass is 10.1. The summed E-state index contributed by atoms with van der Waals surface area (Å²) in [6, 6.07) is 15.7. The van der Waals surface area contributed by atoms with Crippen molar-refractivity contribution >= 4 is 11.8 Å². The van der Waals surface area contributed by atoms with Crippen molar-refractivity contribution in [1.29, 1.82) is 0 Å². The first-order valence-corrected chi connectivity index (χ1v) is 8.71. The van der Waals surface area contributed by atoms with Crippen molar-refractivity contribution in [2.75, 3.05) is 27.2 Å². The Kier molecular flexibility index (Phi) is 6.92. The molecule has 2 aromatic carbocycles. The van der Waals surface area contributed by atoms with Gasteiger partial charge in [0.15, 0.2) is 0 Å². The fourth-order valence-electron chi connectivity index (χ4n) is 2.92. The molecule has 0 unspecified atom stereocenters. The summed E-state index contributed by atoms with van der Waals surface area (Å²) >= 11 is 0. The number of rotatable bonds is 7. The first-order chi connectivity index (χ1) is 12.4. The number of benzene rings is 2. The molecule has 1 atom stereocenters. The molecular formula is C21H27N3O2. The number of carbonyl (C=O) groups is 2. The summed E-state index contributed by atoms with van der Waals surface area (Å²) in [5.41, 5.74) is 3.76. The van der Waals surface area contributed by atoms with Crippen LogP contribution < -0.4 is 10.6 Å². The van der Waals surface area contributed by atoms with E-state index in [4.69, 9.17) is 0 Å². The van der Waals surface area contributed by atoms with Gasteiger partial charge in [-0.3, -0.25) is 9.59 Å². The lowest BCUT2D eigenvalue weighted by molar-refractivity contribution is -0.120. The van der Waals surface area contributed by atoms with Crippen molar-refractivity contribution < 1.29 is 9.59 Å². The summed E-state index contributed by atoms with van der Waals surface area (Å²) in [5, 5.41) is 5.58. The molecular weight excluding hydrogens is 326 g/mol. The highest BCUT2D eigenvalue weighted by Gasteiger charge is 2.15. The molecule has 2 aromatic rings. The summed E-state index contributed by atoms with van der Waals surface area (Å²) in [6.45, 7) is 4.33. The Bertz CT molecular complexity index is 737. The number of nitrogens with zero attached hydrogens (tertiary/aromatic N) is 1. The molecule has 0 heterocycles. The van der Waals surface area contributed by atoms with E-state index >= 15 is 0 Å². The maximum absolute atomic E-state index is 12.2. The zero-order chi connectivity index (χ0) is 19.1. The molecule has 0 aromatic heterocycles. The first-order valence-electron chi connectivity index (χ1n) is 8.71. The first kappa shape index (κ1) is 19.7. The van der Waals surface area contributed by atoms with Gasteiger partial charge in [0.05, 0.1) is 12.6 Å². The largest absolute Gasteiger partial charge is 0.353 e. The summed E-state index contributed by atoms with van der Waals surface area (Å²) < 4.78 is 0. The number of carbonyl (C=O) groups excluding carboxylic acids is 2. The predicted molar refractivity (Wildman–Crippen MR) is 104 cm³/mol. The Labute approximate surface area is 155 Å². The molecule has 0 spiro atoms. The van der Waals surface area contributed by atoms with E-state index in [0.717, 1.165) is 16.7 Å². The smallest absolute Gasteiger partial charge is 0.251 e. The van der Waals surface area contributed by atoms with Crippen molar-refractivity contribution in [1.82, 2.24) is 15.5 Å². The van der Waals surface area contributed by atoms with Crippen molar-refractivity contribution in [2.24, 2.45) is 0 Å². The number of amides is 2. The Balaban J connectivity index is 1.87. The van der Waals surface area contributed by atoms with E-state index in [9.17, 15) is 9.59 Å². The van der Waals surface area contributed by atoms with Crippen LogP contribution in [0.15, 0.2) is 48.5 Å². The van der Waals surface area contributed by atoms with Crippen LogP contribution in [-0.4, -0.2) is 43.9 Å². The summed E-state index contributed by atoms with van der Waals surface area (Å²) in [6.07, 6.45) is 0. The number of hydrogen-bond donors (Lipinski definition) is 2. The molecule has 2 amide bonds. The van der Waals surface area contributed by atoms with Crippen LogP contribution >= 0.6 is 0 Å². The highest BCUT2D eigenvalue weighted by atomic mass is 16.2. The second-order valence-electron chi connectivity index (χ2n) is 6.75. The second kappa shape index (κ2) is 9.15. The molecule has 2 N–H and O–H groups in total. The third-order valence-corrected chi connectivity index (χ3v) is 4.19. The second-order valence-corrected chi connectivity index (χ2v) is 6.75. The Morgan fingerprint density at radius 2 is 1.58 bits per heavy atom. The molecule has 26 heavy (non-hydrogen) atoms. The third kappa shape index (κ3) is 5.70. The average molecular weight is 353 g/mol. The quantitative estimate of drug-likeness (QED) is 0.804. The minimum absolute atomic E-state index is 0.0409. The monoisotopic (exact) mass is 353 g/mol. The van der Waals surface area contributed by atoms with Gasteiger partial charge < -0.3 is 15.5 Å². The number of aryl methyl sites for hydroxylation is 2. The molecule has 2 rings (SSSR count). The molecule has 0 saturated heterocycles. The summed E-state index contributed by atoms with van der Waals surface area (Å²) in [4.78, 5) is 26.4. The molecule has 0 fully saturated rings. The number of hydrogen-bond acceptors (Lipinski definition) is 3. The van der Waals surface area contributed by atoms with Crippen LogP contribution in [0.25, 0.3) is 0 Å². The molecule has 0 aliphatic rings. The standard InChI is InChI=1S/C21H27N3O2/c1-15-10-16(2)12-18(11-15)21(26)23-14-20(25)22-13-19(24(3)4)17-8-6-5-7-9-17/h5-12,19H,13-14H2,1-4H3,(H,22,25)(H,23,26)/t19-/m1/s1. The zero-order valence-electron chi connectivity index (χ0n) is 15.9. The van der Waals surface area contributed by atoms with Crippen LogP contribution in [0.1, 0.15) is 33.1 Å². The van der Waals surface area contributed by atoms with Crippen molar-refractivity contribution in [3.8, 4) is 0 Å². The van der Waals surface area contributed by atoms with E-state index in [1.54, 1.807) is 0 Å². The Morgan fingerprint density at radius 1 is 0.962 bits per heavy atom. The van der Waals surface area contributed by atoms with Gasteiger partial charge >= 0.3 is 0 Å². The van der Waals surface area contributed by atoms with Crippen LogP contribution in [0.3, 0.4) is 0 Å². The van der Waals surface area contributed by atoms with Gasteiger partial charge in [0.2, 0.25) is 5.91 Å². The summed E-state index contributed by atoms with van der Waals surface area (Å²) in [5.74, 6) is -0.440. The van der Waals surface area contributed by atoms with Gasteiger partial charge in [0.25, 0.3) is 5.91 Å². The van der Waals surface area contributed by atoms with E-state index in [0.29, 0.717) is 12.1 Å². The van der Waals surface area contributed by atoms with Gasteiger partial charge in [-0.2, -0.15) is 0 Å². The van der Waals surface area contributed by atoms with E-state index in [1.807, 2.05) is 76.5 Å². The van der Waals surface area contributed by atoms with E-state index in [1.165, 1.54) is 0 Å². The molecule has 5 nitrogen and oxygen atoms in total. The molecule has 0 aliphatic heterocycles. The predicted octanol–water partition coefficient (Wildman–Crippen LogP) is 2.45. The maximum atomic E-state index is 12.2. The van der Waals surface area contributed by atoms with Crippen molar-refractivity contribution in [2.45, 2.75) is 19.9 Å². The van der Waals surface area contributed by atoms with Crippen molar-refractivity contribution in [3.05, 3.63) is 70.8 Å². The SMILES string of the molecule is Cc1cc(C)cc(C(=O)NCC(=O)NC[C@H](c2ccccc2)N(C)C)c1. The lowest BCUT2D eigenvalue weighted by Gasteiger charge is -2.25. The normalized spacial score (nSPS) is 11.9. The Hall–Kier alpha value is -2.66. The van der Waals surface area contributed by atoms with Crippen LogP contribution in [-0.2, 0) is 4.79 Å². The van der Waals surface area contributed by atoms with Gasteiger partial charge in [0.1, 0.15) is 0 Å². The van der Waals surface area contributed by atoms with Gasteiger partial charge in [-0.05, 0) is 45.6 Å². The van der Waals surface area contributed by atoms with Gasteiger partial charge in [0, 0.05) is 12.1 Å². The molecule has 5 heteroatoms. The molecule has 138 valence electrons. The molecule has 0 bridgehead atoms. The van der Waals surface area contributed by atoms with Gasteiger partial charge in [-0.25, -0.2) is 0 Å². The zero-order valence-corrected chi connectivity index (χ0v) is 15.9. The highest BCUT2D eigenvalue weighted by Crippen LogP contribution is 2.16. The highest BCUT2D eigenvalue weighted by molar-refractivity contribution is 5.96. The van der Waals surface area contributed by atoms with Gasteiger partial charge in [-0.15, -0.1) is 0 Å². The summed E-state index contributed by atoms with van der Waals surface area (Å²) in [7, 11) is 3.96. The third-order valence-electron chi connectivity index (χ3n) is 4.19. The van der Waals surface area contributed by atoms with Crippen LogP contribution in [0.4, 0.5) is 0 Å². The fourth-order valence-corrected chi connectivity index (χ4v) is 2.92. The van der Waals surface area contributed by atoms with Crippen LogP contribution in [0, 0.1) is 13.8 Å². The number of likely N-dealkylation sites (N-methyl/N-ethyl adjacent to an activating group) is 1.